The van der Waals surface area contributed by atoms with E-state index in [2.05, 4.69) is 27.8 Å². The minimum Gasteiger partial charge on any atom is -0.381 e. The van der Waals surface area contributed by atoms with Crippen LogP contribution < -0.4 is 10.6 Å². The second kappa shape index (κ2) is 11.6. The van der Waals surface area contributed by atoms with Gasteiger partial charge in [-0.3, -0.25) is 4.99 Å². The van der Waals surface area contributed by atoms with E-state index in [0.29, 0.717) is 37.6 Å². The highest BCUT2D eigenvalue weighted by Gasteiger charge is 2.14. The third-order valence-corrected chi connectivity index (χ3v) is 5.02. The summed E-state index contributed by atoms with van der Waals surface area (Å²) in [5.41, 5.74) is 2.59. The highest BCUT2D eigenvalue weighted by Crippen LogP contribution is 2.14. The first-order chi connectivity index (χ1) is 14.6. The van der Waals surface area contributed by atoms with Gasteiger partial charge in [0, 0.05) is 33.4 Å². The number of hydrogen-bond donors (Lipinski definition) is 2. The largest absolute Gasteiger partial charge is 0.381 e. The van der Waals surface area contributed by atoms with Crippen LogP contribution in [0.4, 0.5) is 8.78 Å². The molecule has 162 valence electrons. The van der Waals surface area contributed by atoms with Crippen LogP contribution in [0.3, 0.4) is 0 Å². The quantitative estimate of drug-likeness (QED) is 0.509. The van der Waals surface area contributed by atoms with Gasteiger partial charge in [-0.25, -0.2) is 8.78 Å². The zero-order chi connectivity index (χ0) is 21.2. The van der Waals surface area contributed by atoms with E-state index in [1.165, 1.54) is 6.07 Å². The van der Waals surface area contributed by atoms with Gasteiger partial charge in [0.1, 0.15) is 11.6 Å². The molecule has 0 radical (unpaired) electrons. The van der Waals surface area contributed by atoms with Crippen LogP contribution in [0, 0.1) is 11.6 Å². The first kappa shape index (κ1) is 22.2. The van der Waals surface area contributed by atoms with Gasteiger partial charge >= 0.3 is 0 Å². The molecule has 0 aromatic heterocycles. The number of nitrogens with zero attached hydrogens (tertiary/aromatic N) is 1. The second-order valence-electron chi connectivity index (χ2n) is 7.28. The molecule has 0 amide bonds. The van der Waals surface area contributed by atoms with Crippen LogP contribution >= 0.6 is 0 Å². The minimum atomic E-state index is -0.436. The van der Waals surface area contributed by atoms with E-state index in [1.807, 2.05) is 12.1 Å². The Balaban J connectivity index is 1.43. The van der Waals surface area contributed by atoms with Gasteiger partial charge in [-0.2, -0.15) is 0 Å². The van der Waals surface area contributed by atoms with Crippen molar-refractivity contribution in [1.29, 1.82) is 0 Å². The van der Waals surface area contributed by atoms with Crippen LogP contribution in [-0.2, 0) is 29.0 Å². The average molecular weight is 418 g/mol. The van der Waals surface area contributed by atoms with Gasteiger partial charge in [-0.05, 0) is 54.2 Å². The molecule has 1 aliphatic rings. The lowest BCUT2D eigenvalue weighted by Gasteiger charge is -2.22. The third kappa shape index (κ3) is 7.07. The average Bonchev–Trinajstić information content (AvgIpc) is 2.78. The highest BCUT2D eigenvalue weighted by molar-refractivity contribution is 5.79. The number of nitrogens with one attached hydrogen (secondary N) is 2. The monoisotopic (exact) mass is 417 g/mol. The topological polar surface area (TPSA) is 54.9 Å². The summed E-state index contributed by atoms with van der Waals surface area (Å²) < 4.78 is 38.3. The Hall–Kier alpha value is -2.51. The SMILES string of the molecule is CN=C(NCCc1cc(F)ccc1F)NCc1cccc(COC2CCOCC2)c1. The second-order valence-corrected chi connectivity index (χ2v) is 7.28. The standard InChI is InChI=1S/C23H29F2N3O2/c1-26-23(27-10-7-19-14-20(24)5-6-22(19)25)28-15-17-3-2-4-18(13-17)16-30-21-8-11-29-12-9-21/h2-6,13-14,21H,7-12,15-16H2,1H3,(H2,26,27,28). The molecule has 1 saturated heterocycles. The van der Waals surface area contributed by atoms with Crippen molar-refractivity contribution >= 4 is 5.96 Å². The third-order valence-electron chi connectivity index (χ3n) is 5.02. The number of aliphatic imine (C=N–C) groups is 1. The van der Waals surface area contributed by atoms with Crippen molar-refractivity contribution in [2.24, 2.45) is 4.99 Å². The Bertz CT molecular complexity index is 839. The molecule has 5 nitrogen and oxygen atoms in total. The number of guanidine groups is 1. The van der Waals surface area contributed by atoms with E-state index in [1.54, 1.807) is 7.05 Å². The molecule has 2 aromatic rings. The first-order valence-corrected chi connectivity index (χ1v) is 10.3. The molecular weight excluding hydrogens is 388 g/mol. The first-order valence-electron chi connectivity index (χ1n) is 10.3. The predicted octanol–water partition coefficient (Wildman–Crippen LogP) is 3.57. The fraction of sp³-hybridized carbons (Fsp3) is 0.435. The van der Waals surface area contributed by atoms with E-state index in [4.69, 9.17) is 9.47 Å². The zero-order valence-electron chi connectivity index (χ0n) is 17.3. The Kier molecular flexibility index (Phi) is 8.59. The van der Waals surface area contributed by atoms with E-state index < -0.39 is 11.6 Å². The molecule has 2 aromatic carbocycles. The summed E-state index contributed by atoms with van der Waals surface area (Å²) in [7, 11) is 1.68. The molecule has 0 spiro atoms. The summed E-state index contributed by atoms with van der Waals surface area (Å²) in [5.74, 6) is -0.230. The van der Waals surface area contributed by atoms with Crippen LogP contribution in [-0.4, -0.2) is 38.9 Å². The van der Waals surface area contributed by atoms with Crippen molar-refractivity contribution in [2.75, 3.05) is 26.8 Å². The minimum absolute atomic E-state index is 0.270. The highest BCUT2D eigenvalue weighted by atomic mass is 19.1. The van der Waals surface area contributed by atoms with E-state index in [9.17, 15) is 8.78 Å². The lowest BCUT2D eigenvalue weighted by atomic mass is 10.1. The molecule has 1 aliphatic heterocycles. The maximum atomic E-state index is 13.7. The Morgan fingerprint density at radius 2 is 1.90 bits per heavy atom. The molecule has 2 N–H and O–H groups in total. The van der Waals surface area contributed by atoms with Gasteiger partial charge in [0.2, 0.25) is 0 Å². The van der Waals surface area contributed by atoms with E-state index in [-0.39, 0.29) is 6.10 Å². The lowest BCUT2D eigenvalue weighted by molar-refractivity contribution is -0.0390. The van der Waals surface area contributed by atoms with Crippen LogP contribution in [0.2, 0.25) is 0 Å². The Morgan fingerprint density at radius 1 is 1.10 bits per heavy atom. The number of hydrogen-bond acceptors (Lipinski definition) is 3. The molecule has 30 heavy (non-hydrogen) atoms. The predicted molar refractivity (Wildman–Crippen MR) is 113 cm³/mol. The van der Waals surface area contributed by atoms with Gasteiger partial charge in [0.25, 0.3) is 0 Å². The summed E-state index contributed by atoms with van der Waals surface area (Å²) in [6.45, 7) is 3.17. The molecule has 0 aliphatic carbocycles. The summed E-state index contributed by atoms with van der Waals surface area (Å²) in [6.07, 6.45) is 2.53. The molecule has 0 unspecified atom stereocenters. The van der Waals surface area contributed by atoms with Crippen molar-refractivity contribution in [3.05, 3.63) is 70.8 Å². The molecule has 0 saturated carbocycles. The molecule has 1 fully saturated rings. The summed E-state index contributed by atoms with van der Waals surface area (Å²) in [5, 5.41) is 6.38. The molecule has 0 bridgehead atoms. The summed E-state index contributed by atoms with van der Waals surface area (Å²) in [4.78, 5) is 4.18. The Morgan fingerprint density at radius 3 is 2.70 bits per heavy atom. The van der Waals surface area contributed by atoms with Gasteiger partial charge in [0.15, 0.2) is 5.96 Å². The normalized spacial score (nSPS) is 15.2. The molecular formula is C23H29F2N3O2. The van der Waals surface area contributed by atoms with Crippen LogP contribution in [0.5, 0.6) is 0 Å². The molecule has 1 heterocycles. The summed E-state index contributed by atoms with van der Waals surface area (Å²) >= 11 is 0. The zero-order valence-corrected chi connectivity index (χ0v) is 17.3. The van der Waals surface area contributed by atoms with Crippen LogP contribution in [0.25, 0.3) is 0 Å². The molecule has 7 heteroatoms. The van der Waals surface area contributed by atoms with Gasteiger partial charge in [-0.1, -0.05) is 24.3 Å². The number of ether oxygens (including phenoxy) is 2. The van der Waals surface area contributed by atoms with Crippen molar-refractivity contribution in [3.8, 4) is 0 Å². The van der Waals surface area contributed by atoms with Crippen molar-refractivity contribution < 1.29 is 18.3 Å². The van der Waals surface area contributed by atoms with Gasteiger partial charge in [-0.15, -0.1) is 0 Å². The number of benzene rings is 2. The van der Waals surface area contributed by atoms with E-state index >= 15 is 0 Å². The van der Waals surface area contributed by atoms with E-state index in [0.717, 1.165) is 49.3 Å². The lowest BCUT2D eigenvalue weighted by Crippen LogP contribution is -2.37. The van der Waals surface area contributed by atoms with Gasteiger partial charge < -0.3 is 20.1 Å². The van der Waals surface area contributed by atoms with Crippen LogP contribution in [0.15, 0.2) is 47.5 Å². The molecule has 3 rings (SSSR count). The fourth-order valence-electron chi connectivity index (χ4n) is 3.34. The van der Waals surface area contributed by atoms with Gasteiger partial charge in [0.05, 0.1) is 12.7 Å². The maximum absolute atomic E-state index is 13.7. The van der Waals surface area contributed by atoms with Crippen molar-refractivity contribution in [2.45, 2.75) is 38.5 Å². The fourth-order valence-corrected chi connectivity index (χ4v) is 3.34. The van der Waals surface area contributed by atoms with Crippen LogP contribution in [0.1, 0.15) is 29.5 Å². The summed E-state index contributed by atoms with van der Waals surface area (Å²) in [6, 6.07) is 11.7. The smallest absolute Gasteiger partial charge is 0.191 e. The van der Waals surface area contributed by atoms with Crippen molar-refractivity contribution in [1.82, 2.24) is 10.6 Å². The molecule has 0 atom stereocenters. The number of halogens is 2. The Labute approximate surface area is 176 Å². The number of rotatable bonds is 8. The maximum Gasteiger partial charge on any atom is 0.191 e. The van der Waals surface area contributed by atoms with Crippen molar-refractivity contribution in [3.63, 3.8) is 0 Å².